The number of hydrogen-bond donors (Lipinski definition) is 6. The fraction of sp³-hybridized carbons (Fsp3) is 0.700. The summed E-state index contributed by atoms with van der Waals surface area (Å²) in [5.74, 6) is 1.86. The van der Waals surface area contributed by atoms with Gasteiger partial charge in [-0.2, -0.15) is 0 Å². The lowest BCUT2D eigenvalue weighted by atomic mass is 9.43. The minimum absolute atomic E-state index is 0.00464. The smallest absolute Gasteiger partial charge is 0.340 e. The maximum Gasteiger partial charge on any atom is 0.340 e. The predicted octanol–water partition coefficient (Wildman–Crippen LogP) is 9.16. The van der Waals surface area contributed by atoms with Crippen LogP contribution in [0.1, 0.15) is 148 Å². The number of carbonyl (C=O) groups is 4. The fourth-order valence-electron chi connectivity index (χ4n) is 16.6. The van der Waals surface area contributed by atoms with E-state index in [1.54, 1.807) is 10.8 Å². The van der Waals surface area contributed by atoms with Crippen molar-refractivity contribution in [1.29, 1.82) is 0 Å². The zero-order chi connectivity index (χ0) is 51.8. The Hall–Kier alpha value is -3.60. The highest BCUT2D eigenvalue weighted by molar-refractivity contribution is 8.76. The summed E-state index contributed by atoms with van der Waals surface area (Å²) in [7, 11) is 3.57. The van der Waals surface area contributed by atoms with Gasteiger partial charge in [0.2, 0.25) is 0 Å². The van der Waals surface area contributed by atoms with Gasteiger partial charge >= 0.3 is 11.9 Å². The quantitative estimate of drug-likeness (QED) is 0.0518. The molecule has 5 aliphatic heterocycles. The third-order valence-electron chi connectivity index (χ3n) is 20.5. The molecule has 1 spiro atoms. The molecule has 12 aliphatic rings. The van der Waals surface area contributed by atoms with Crippen LogP contribution < -0.4 is 16.0 Å². The van der Waals surface area contributed by atoms with Crippen LogP contribution in [0.25, 0.3) is 0 Å². The minimum Gasteiger partial charge on any atom is -0.427 e. The molecule has 7 aliphatic carbocycles. The molecule has 2 amide bonds. The van der Waals surface area contributed by atoms with E-state index in [1.165, 1.54) is 23.5 Å². The first-order valence-electron chi connectivity index (χ1n) is 29.2. The van der Waals surface area contributed by atoms with Gasteiger partial charge in [0.1, 0.15) is 11.5 Å². The molecule has 7 bridgehead atoms. The van der Waals surface area contributed by atoms with Crippen LogP contribution in [0.5, 0.6) is 0 Å². The summed E-state index contributed by atoms with van der Waals surface area (Å²) in [5, 5.41) is 42.8. The Morgan fingerprint density at radius 2 is 1.68 bits per heavy atom. The molecule has 4 saturated carbocycles. The lowest BCUT2D eigenvalue weighted by Crippen LogP contribution is -2.54. The second-order valence-corrected chi connectivity index (χ2v) is 26.8. The van der Waals surface area contributed by atoms with Gasteiger partial charge in [-0.3, -0.25) is 14.5 Å². The van der Waals surface area contributed by atoms with Crippen molar-refractivity contribution in [2.45, 2.75) is 160 Å². The Labute approximate surface area is 452 Å². The number of nitrogens with one attached hydrogen (secondary N) is 3. The molecule has 1 saturated heterocycles. The number of carbonyl (C=O) groups excluding carboxylic acids is 4. The third-order valence-corrected chi connectivity index (χ3v) is 23.0. The average Bonchev–Trinajstić information content (AvgIpc) is 4.20. The monoisotopic (exact) mass is 1070 g/mol. The lowest BCUT2D eigenvalue weighted by Gasteiger charge is -2.57. The number of hydrogen-bond acceptors (Lipinski definition) is 14. The van der Waals surface area contributed by atoms with Gasteiger partial charge in [0, 0.05) is 68.0 Å². The fourth-order valence-corrected chi connectivity index (χ4v) is 19.1. The molecule has 15 heteroatoms. The van der Waals surface area contributed by atoms with Gasteiger partial charge in [-0.05, 0) is 173 Å². The van der Waals surface area contributed by atoms with Crippen molar-refractivity contribution in [3.8, 4) is 0 Å². The Kier molecular flexibility index (Phi) is 16.4. The summed E-state index contributed by atoms with van der Waals surface area (Å²) in [6.45, 7) is 3.63. The number of allylic oxidation sites excluding steroid dienone is 5. The minimum atomic E-state index is -0.958. The van der Waals surface area contributed by atoms with Crippen LogP contribution in [0.3, 0.4) is 0 Å². The Balaban J connectivity index is 1.03. The summed E-state index contributed by atoms with van der Waals surface area (Å²) in [4.78, 5) is 58.7. The van der Waals surface area contributed by atoms with Crippen LogP contribution in [0, 0.1) is 64.1 Å². The highest BCUT2D eigenvalue weighted by atomic mass is 33.1. The van der Waals surface area contributed by atoms with Gasteiger partial charge in [0.25, 0.3) is 11.8 Å². The van der Waals surface area contributed by atoms with Gasteiger partial charge < -0.3 is 40.7 Å². The second kappa shape index (κ2) is 23.0. The van der Waals surface area contributed by atoms with Gasteiger partial charge in [-0.25, -0.2) is 9.59 Å². The van der Waals surface area contributed by atoms with E-state index in [0.717, 1.165) is 143 Å². The number of cyclic esters (lactones) is 1. The number of nitrogens with zero attached hydrogens (tertiary/aromatic N) is 1. The first-order valence-corrected chi connectivity index (χ1v) is 31.6. The SMILES string of the molecule is CCC1(C=C2OC(=O)C3=C2CCC2C4CCC5(C6=CCC(C7CCC(CC(CO)CCCO)CC7)C(NCC(O)C7CCCCC7)SSCNC7=CC(=CCN7)C(CN7C(=O)C=CC7=O)C4=C5C(=O)O6)C32)CCCC1. The van der Waals surface area contributed by atoms with Crippen molar-refractivity contribution in [3.63, 3.8) is 0 Å². The highest BCUT2D eigenvalue weighted by Crippen LogP contribution is 2.72. The van der Waals surface area contributed by atoms with E-state index in [-0.39, 0.29) is 89.8 Å². The van der Waals surface area contributed by atoms with Gasteiger partial charge in [-0.15, -0.1) is 0 Å². The van der Waals surface area contributed by atoms with Crippen molar-refractivity contribution >= 4 is 45.3 Å². The molecule has 75 heavy (non-hydrogen) atoms. The third kappa shape index (κ3) is 10.3. The van der Waals surface area contributed by atoms with E-state index in [1.807, 2.05) is 10.8 Å². The van der Waals surface area contributed by atoms with E-state index in [9.17, 15) is 29.7 Å². The number of dihydropyridines is 1. The van der Waals surface area contributed by atoms with Crippen molar-refractivity contribution in [3.05, 3.63) is 81.7 Å². The Morgan fingerprint density at radius 3 is 2.43 bits per heavy atom. The number of aliphatic hydroxyl groups is 3. The van der Waals surface area contributed by atoms with Crippen LogP contribution in [0.4, 0.5) is 0 Å². The Bertz CT molecular complexity index is 2420. The zero-order valence-electron chi connectivity index (χ0n) is 44.2. The topological polar surface area (TPSA) is 187 Å². The predicted molar refractivity (Wildman–Crippen MR) is 291 cm³/mol. The van der Waals surface area contributed by atoms with Crippen LogP contribution >= 0.6 is 21.6 Å². The number of rotatable bonds is 15. The van der Waals surface area contributed by atoms with Crippen LogP contribution in [0.15, 0.2) is 81.7 Å². The molecule has 6 N–H and O–H groups in total. The average molecular weight is 1070 g/mol. The number of amides is 2. The molecule has 9 unspecified atom stereocenters. The summed E-state index contributed by atoms with van der Waals surface area (Å²) >= 11 is 0. The van der Waals surface area contributed by atoms with Gasteiger partial charge in [0.05, 0.1) is 34.2 Å². The van der Waals surface area contributed by atoms with Crippen molar-refractivity contribution in [2.24, 2.45) is 64.1 Å². The van der Waals surface area contributed by atoms with E-state index < -0.39 is 17.4 Å². The van der Waals surface area contributed by atoms with Gasteiger partial charge in [0.15, 0.2) is 0 Å². The van der Waals surface area contributed by atoms with E-state index in [0.29, 0.717) is 67.8 Å². The van der Waals surface area contributed by atoms with Crippen molar-refractivity contribution in [2.75, 3.05) is 38.7 Å². The molecule has 408 valence electrons. The van der Waals surface area contributed by atoms with Crippen LogP contribution in [0.2, 0.25) is 0 Å². The van der Waals surface area contributed by atoms with Crippen LogP contribution in [-0.2, 0) is 28.7 Å². The standard InChI is InChI=1S/C60H82N4O9S2/c1-2-59(24-6-7-25-59)31-47-44-17-16-43-42-22-26-60(54(43)53(44)57(70)72-47)48-19-18-41(38-14-12-36(13-15-38)29-37(34-66)9-8-28-65)56(62-32-46(67)39-10-4-3-5-11-39)75-74-35-63-49-30-40(23-27-61-49)45(52(42)55(60)58(71)73-48)33-64-50(68)20-21-51(64)69/h19-21,23,30-31,36-39,41-43,45-46,54,56,61-63,65-67H,2-18,22,24-29,32-35H2,1H3. The zero-order valence-corrected chi connectivity index (χ0v) is 45.8. The molecule has 0 radical (unpaired) electrons. The molecule has 5 heterocycles. The molecular formula is C60H82N4O9S2. The number of fused-ring (bicyclic) bond motifs is 2. The second-order valence-electron chi connectivity index (χ2n) is 24.3. The lowest BCUT2D eigenvalue weighted by molar-refractivity contribution is -0.138. The first-order chi connectivity index (χ1) is 36.5. The molecule has 0 aromatic carbocycles. The van der Waals surface area contributed by atoms with Gasteiger partial charge in [-0.1, -0.05) is 79.5 Å². The van der Waals surface area contributed by atoms with E-state index in [2.05, 4.69) is 47.2 Å². The number of aliphatic hydroxyl groups excluding tert-OH is 3. The molecule has 12 rings (SSSR count). The molecule has 9 atom stereocenters. The van der Waals surface area contributed by atoms with Crippen molar-refractivity contribution < 1.29 is 44.0 Å². The van der Waals surface area contributed by atoms with E-state index >= 15 is 4.79 Å². The number of esters is 2. The molecule has 0 aromatic heterocycles. The molecule has 0 aromatic rings. The molecule has 5 fully saturated rings. The van der Waals surface area contributed by atoms with Crippen LogP contribution in [-0.4, -0.2) is 94.2 Å². The first kappa shape index (κ1) is 53.4. The van der Waals surface area contributed by atoms with Crippen molar-refractivity contribution in [1.82, 2.24) is 20.9 Å². The normalized spacial score (nSPS) is 35.1. The number of ether oxygens (including phenoxy) is 2. The molecule has 13 nitrogen and oxygen atoms in total. The molecular weight excluding hydrogens is 985 g/mol. The summed E-state index contributed by atoms with van der Waals surface area (Å²) < 4.78 is 13.3. The summed E-state index contributed by atoms with van der Waals surface area (Å²) in [6, 6.07) is 0. The maximum absolute atomic E-state index is 15.4. The summed E-state index contributed by atoms with van der Waals surface area (Å²) in [5.41, 5.74) is 3.27. The summed E-state index contributed by atoms with van der Waals surface area (Å²) in [6.07, 6.45) is 32.2. The number of imide groups is 1. The van der Waals surface area contributed by atoms with E-state index in [4.69, 9.17) is 9.47 Å². The largest absolute Gasteiger partial charge is 0.427 e. The maximum atomic E-state index is 15.4. The Morgan fingerprint density at radius 1 is 0.893 bits per heavy atom. The highest BCUT2D eigenvalue weighted by Gasteiger charge is 2.69.